The first kappa shape index (κ1) is 19.7. The molecule has 0 radical (unpaired) electrons. The Kier molecular flexibility index (Phi) is 5.84. The zero-order valence-corrected chi connectivity index (χ0v) is 15.2. The molecule has 0 bridgehead atoms. The van der Waals surface area contributed by atoms with E-state index in [0.717, 1.165) is 24.0 Å². The lowest BCUT2D eigenvalue weighted by atomic mass is 10.2. The highest BCUT2D eigenvalue weighted by atomic mass is 32.2. The van der Waals surface area contributed by atoms with Crippen LogP contribution in [-0.4, -0.2) is 32.8 Å². The van der Waals surface area contributed by atoms with E-state index in [1.165, 1.54) is 15.4 Å². The molecule has 3 rings (SSSR count). The normalized spacial score (nSPS) is 11.4. The molecule has 1 amide bonds. The summed E-state index contributed by atoms with van der Waals surface area (Å²) in [6.07, 6.45) is -3.42. The molecule has 0 fully saturated rings. The summed E-state index contributed by atoms with van der Waals surface area (Å²) >= 11 is 0.988. The van der Waals surface area contributed by atoms with Crippen molar-refractivity contribution in [2.75, 3.05) is 17.2 Å². The predicted octanol–water partition coefficient (Wildman–Crippen LogP) is 3.79. The molecule has 10 heteroatoms. The fourth-order valence-corrected chi connectivity index (χ4v) is 3.30. The Labute approximate surface area is 162 Å². The van der Waals surface area contributed by atoms with Crippen molar-refractivity contribution in [1.29, 1.82) is 5.26 Å². The van der Waals surface area contributed by atoms with Crippen molar-refractivity contribution >= 4 is 29.0 Å². The quantitative estimate of drug-likeness (QED) is 0.584. The minimum Gasteiger partial charge on any atom is -0.311 e. The molecule has 1 aromatic carbocycles. The molecule has 0 saturated carbocycles. The van der Waals surface area contributed by atoms with Gasteiger partial charge in [0.05, 0.1) is 23.8 Å². The second-order valence-corrected chi connectivity index (χ2v) is 6.65. The van der Waals surface area contributed by atoms with Crippen molar-refractivity contribution < 1.29 is 18.0 Å². The first-order valence-electron chi connectivity index (χ1n) is 8.17. The van der Waals surface area contributed by atoms with Crippen LogP contribution < -0.4 is 4.90 Å². The highest BCUT2D eigenvalue weighted by Gasteiger charge is 2.31. The number of pyridine rings is 1. The van der Waals surface area contributed by atoms with Crippen LogP contribution in [0.2, 0.25) is 0 Å². The number of nitriles is 1. The highest BCUT2D eigenvalue weighted by molar-refractivity contribution is 7.99. The number of nitrogens with zero attached hydrogens (tertiary/aromatic N) is 5. The van der Waals surface area contributed by atoms with Gasteiger partial charge in [-0.1, -0.05) is 30.0 Å². The standard InChI is InChI=1S/C18H14F3N5OS/c19-18(20,21)13-7-8-15-23-24-17(26(15)11-13)28-12-16(27)25(10-4-9-22)14-5-2-1-3-6-14/h1-3,5-8,11H,4,10,12H2. The summed E-state index contributed by atoms with van der Waals surface area (Å²) < 4.78 is 40.0. The van der Waals surface area contributed by atoms with Gasteiger partial charge in [0.1, 0.15) is 0 Å². The summed E-state index contributed by atoms with van der Waals surface area (Å²) in [5, 5.41) is 16.7. The van der Waals surface area contributed by atoms with Gasteiger partial charge in [0.25, 0.3) is 0 Å². The Hall–Kier alpha value is -3.06. The maximum atomic E-state index is 12.9. The Morgan fingerprint density at radius 3 is 2.61 bits per heavy atom. The van der Waals surface area contributed by atoms with E-state index in [4.69, 9.17) is 5.26 Å². The molecule has 0 aliphatic rings. The van der Waals surface area contributed by atoms with E-state index in [2.05, 4.69) is 10.2 Å². The number of para-hydroxylation sites is 1. The Bertz CT molecular complexity index is 1010. The fraction of sp³-hybridized carbons (Fsp3) is 0.222. The average molecular weight is 405 g/mol. The van der Waals surface area contributed by atoms with Crippen LogP contribution in [0.5, 0.6) is 0 Å². The minimum absolute atomic E-state index is 0.0582. The lowest BCUT2D eigenvalue weighted by Crippen LogP contribution is -2.33. The van der Waals surface area contributed by atoms with Crippen molar-refractivity contribution in [2.24, 2.45) is 0 Å². The maximum Gasteiger partial charge on any atom is 0.417 e. The van der Waals surface area contributed by atoms with Crippen LogP contribution in [0.3, 0.4) is 0 Å². The number of hydrogen-bond acceptors (Lipinski definition) is 5. The number of amides is 1. The van der Waals surface area contributed by atoms with Gasteiger partial charge in [-0.05, 0) is 24.3 Å². The molecular weight excluding hydrogens is 391 g/mol. The van der Waals surface area contributed by atoms with Crippen LogP contribution >= 0.6 is 11.8 Å². The van der Waals surface area contributed by atoms with Gasteiger partial charge in [-0.25, -0.2) is 0 Å². The smallest absolute Gasteiger partial charge is 0.311 e. The number of benzene rings is 1. The zero-order chi connectivity index (χ0) is 20.1. The number of carbonyl (C=O) groups excluding carboxylic acids is 1. The van der Waals surface area contributed by atoms with E-state index in [9.17, 15) is 18.0 Å². The van der Waals surface area contributed by atoms with Crippen LogP contribution in [0.1, 0.15) is 12.0 Å². The topological polar surface area (TPSA) is 74.3 Å². The van der Waals surface area contributed by atoms with Gasteiger partial charge >= 0.3 is 6.18 Å². The largest absolute Gasteiger partial charge is 0.417 e. The zero-order valence-electron chi connectivity index (χ0n) is 14.4. The Balaban J connectivity index is 1.78. The molecule has 144 valence electrons. The highest BCUT2D eigenvalue weighted by Crippen LogP contribution is 2.30. The van der Waals surface area contributed by atoms with E-state index in [1.807, 2.05) is 12.1 Å². The summed E-state index contributed by atoms with van der Waals surface area (Å²) in [6, 6.07) is 13.0. The van der Waals surface area contributed by atoms with E-state index in [1.54, 1.807) is 24.3 Å². The van der Waals surface area contributed by atoms with Crippen molar-refractivity contribution in [2.45, 2.75) is 17.8 Å². The summed E-state index contributed by atoms with van der Waals surface area (Å²) in [6.45, 7) is 0.221. The summed E-state index contributed by atoms with van der Waals surface area (Å²) in [7, 11) is 0. The third kappa shape index (κ3) is 4.43. The minimum atomic E-state index is -4.49. The van der Waals surface area contributed by atoms with Gasteiger partial charge in [0, 0.05) is 18.4 Å². The third-order valence-electron chi connectivity index (χ3n) is 3.84. The number of thioether (sulfide) groups is 1. The number of fused-ring (bicyclic) bond motifs is 1. The van der Waals surface area contributed by atoms with Crippen LogP contribution in [0, 0.1) is 11.3 Å². The molecule has 0 saturated heterocycles. The first-order valence-corrected chi connectivity index (χ1v) is 9.16. The molecule has 2 heterocycles. The number of rotatable bonds is 6. The van der Waals surface area contributed by atoms with Gasteiger partial charge in [0.2, 0.25) is 5.91 Å². The molecule has 28 heavy (non-hydrogen) atoms. The van der Waals surface area contributed by atoms with Gasteiger partial charge in [-0.2, -0.15) is 18.4 Å². The molecule has 3 aromatic rings. The third-order valence-corrected chi connectivity index (χ3v) is 4.77. The molecule has 0 spiro atoms. The molecule has 0 aliphatic carbocycles. The van der Waals surface area contributed by atoms with Crippen molar-refractivity contribution in [3.63, 3.8) is 0 Å². The van der Waals surface area contributed by atoms with E-state index >= 15 is 0 Å². The summed E-state index contributed by atoms with van der Waals surface area (Å²) in [5.74, 6) is -0.340. The van der Waals surface area contributed by atoms with Gasteiger partial charge in [0.15, 0.2) is 10.8 Å². The lowest BCUT2D eigenvalue weighted by molar-refractivity contribution is -0.137. The van der Waals surface area contributed by atoms with Gasteiger partial charge in [-0.3, -0.25) is 9.20 Å². The number of alkyl halides is 3. The number of aromatic nitrogens is 3. The SMILES string of the molecule is N#CCCN(C(=O)CSc1nnc2ccc(C(F)(F)F)cn12)c1ccccc1. The maximum absolute atomic E-state index is 12.9. The van der Waals surface area contributed by atoms with Crippen LogP contribution in [0.25, 0.3) is 5.65 Å². The number of hydrogen-bond donors (Lipinski definition) is 0. The van der Waals surface area contributed by atoms with Crippen LogP contribution in [-0.2, 0) is 11.0 Å². The molecule has 0 unspecified atom stereocenters. The second kappa shape index (κ2) is 8.31. The van der Waals surface area contributed by atoms with Crippen molar-refractivity contribution in [3.8, 4) is 6.07 Å². The molecule has 6 nitrogen and oxygen atoms in total. The first-order chi connectivity index (χ1) is 13.4. The Morgan fingerprint density at radius 1 is 1.18 bits per heavy atom. The van der Waals surface area contributed by atoms with Crippen molar-refractivity contribution in [1.82, 2.24) is 14.6 Å². The molecule has 2 aromatic heterocycles. The van der Waals surface area contributed by atoms with Crippen LogP contribution in [0.4, 0.5) is 18.9 Å². The monoisotopic (exact) mass is 405 g/mol. The predicted molar refractivity (Wildman–Crippen MR) is 97.7 cm³/mol. The Morgan fingerprint density at radius 2 is 1.93 bits per heavy atom. The molecule has 0 N–H and O–H groups in total. The number of anilines is 1. The molecule has 0 atom stereocenters. The summed E-state index contributed by atoms with van der Waals surface area (Å²) in [4.78, 5) is 14.1. The average Bonchev–Trinajstić information content (AvgIpc) is 3.09. The van der Waals surface area contributed by atoms with E-state index < -0.39 is 11.7 Å². The van der Waals surface area contributed by atoms with Crippen molar-refractivity contribution in [3.05, 3.63) is 54.2 Å². The lowest BCUT2D eigenvalue weighted by Gasteiger charge is -2.21. The number of halogens is 3. The number of carbonyl (C=O) groups is 1. The molecule has 0 aliphatic heterocycles. The molecular formula is C18H14F3N5OS. The second-order valence-electron chi connectivity index (χ2n) is 5.70. The van der Waals surface area contributed by atoms with Gasteiger partial charge < -0.3 is 4.90 Å². The van der Waals surface area contributed by atoms with Crippen LogP contribution in [0.15, 0.2) is 53.8 Å². The van der Waals surface area contributed by atoms with Gasteiger partial charge in [-0.15, -0.1) is 10.2 Å². The fourth-order valence-electron chi connectivity index (χ4n) is 2.51. The summed E-state index contributed by atoms with van der Waals surface area (Å²) in [5.41, 5.74) is 0.0778. The van der Waals surface area contributed by atoms with E-state index in [-0.39, 0.29) is 35.4 Å². The van der Waals surface area contributed by atoms with E-state index in [0.29, 0.717) is 5.69 Å².